The summed E-state index contributed by atoms with van der Waals surface area (Å²) in [7, 11) is 0. The SMILES string of the molecule is CC(C)C[C@H](NC(=O)[C@H](Cc1cccc2ccccc12)NC(=O)OCc1ccccc1)C(=O)N[C@H](CO)CCC(=O)N1CCC1. The molecule has 4 N–H and O–H groups in total. The van der Waals surface area contributed by atoms with Gasteiger partial charge in [-0.1, -0.05) is 86.6 Å². The van der Waals surface area contributed by atoms with E-state index in [2.05, 4.69) is 16.0 Å². The van der Waals surface area contributed by atoms with Gasteiger partial charge in [-0.15, -0.1) is 0 Å². The standard InChI is InChI=1S/C35H44N4O6/c1-24(2)20-30(33(42)36-28(22-40)16-17-32(41)39-18-9-19-39)37-34(43)31(38-35(44)45-23-25-10-4-3-5-11-25)21-27-14-8-13-26-12-6-7-15-29(26)27/h3-8,10-15,24,28,30-31,40H,9,16-23H2,1-2H3,(H,36,42)(H,37,43)(H,38,44)/t28-,30-,31-/m0/s1. The fraction of sp³-hybridized carbons (Fsp3) is 0.429. The third-order valence-corrected chi connectivity index (χ3v) is 7.95. The number of nitrogens with zero attached hydrogens (tertiary/aromatic N) is 1. The Balaban J connectivity index is 1.47. The molecule has 1 aliphatic heterocycles. The molecule has 10 heteroatoms. The molecule has 0 spiro atoms. The van der Waals surface area contributed by atoms with E-state index in [0.29, 0.717) is 12.8 Å². The summed E-state index contributed by atoms with van der Waals surface area (Å²) in [5.74, 6) is -0.929. The zero-order valence-electron chi connectivity index (χ0n) is 26.0. The summed E-state index contributed by atoms with van der Waals surface area (Å²) in [4.78, 5) is 54.2. The summed E-state index contributed by atoms with van der Waals surface area (Å²) in [6, 6.07) is 20.2. The van der Waals surface area contributed by atoms with Gasteiger partial charge in [-0.25, -0.2) is 4.79 Å². The monoisotopic (exact) mass is 616 g/mol. The van der Waals surface area contributed by atoms with Gasteiger partial charge >= 0.3 is 6.09 Å². The first-order valence-corrected chi connectivity index (χ1v) is 15.7. The zero-order valence-corrected chi connectivity index (χ0v) is 26.0. The van der Waals surface area contributed by atoms with Crippen LogP contribution in [0.15, 0.2) is 72.8 Å². The van der Waals surface area contributed by atoms with E-state index in [9.17, 15) is 24.3 Å². The molecule has 10 nitrogen and oxygen atoms in total. The van der Waals surface area contributed by atoms with Gasteiger partial charge in [0.1, 0.15) is 18.7 Å². The molecule has 45 heavy (non-hydrogen) atoms. The van der Waals surface area contributed by atoms with E-state index in [1.807, 2.05) is 86.6 Å². The largest absolute Gasteiger partial charge is 0.445 e. The van der Waals surface area contributed by atoms with Gasteiger partial charge in [-0.2, -0.15) is 0 Å². The number of aliphatic hydroxyl groups is 1. The second kappa shape index (κ2) is 16.6. The average Bonchev–Trinajstić information content (AvgIpc) is 3.00. The first-order valence-electron chi connectivity index (χ1n) is 15.7. The van der Waals surface area contributed by atoms with Crippen LogP contribution in [0.3, 0.4) is 0 Å². The Labute approximate surface area is 264 Å². The van der Waals surface area contributed by atoms with E-state index in [-0.39, 0.29) is 37.9 Å². The highest BCUT2D eigenvalue weighted by atomic mass is 16.5. The van der Waals surface area contributed by atoms with Crippen LogP contribution >= 0.6 is 0 Å². The van der Waals surface area contributed by atoms with Crippen molar-refractivity contribution in [2.75, 3.05) is 19.7 Å². The van der Waals surface area contributed by atoms with Gasteiger partial charge < -0.3 is 30.7 Å². The number of benzene rings is 3. The molecular formula is C35H44N4O6. The third-order valence-electron chi connectivity index (χ3n) is 7.95. The number of hydrogen-bond donors (Lipinski definition) is 4. The number of likely N-dealkylation sites (tertiary alicyclic amines) is 1. The highest BCUT2D eigenvalue weighted by Gasteiger charge is 2.30. The summed E-state index contributed by atoms with van der Waals surface area (Å²) in [5, 5.41) is 20.3. The summed E-state index contributed by atoms with van der Waals surface area (Å²) in [6.07, 6.45) is 1.25. The van der Waals surface area contributed by atoms with Crippen molar-refractivity contribution in [3.05, 3.63) is 83.9 Å². The van der Waals surface area contributed by atoms with Crippen LogP contribution in [0.5, 0.6) is 0 Å². The van der Waals surface area contributed by atoms with Gasteiger partial charge in [0, 0.05) is 25.9 Å². The number of carbonyl (C=O) groups is 4. The molecule has 1 saturated heterocycles. The van der Waals surface area contributed by atoms with Crippen LogP contribution in [-0.4, -0.2) is 71.6 Å². The zero-order chi connectivity index (χ0) is 32.2. The lowest BCUT2D eigenvalue weighted by Gasteiger charge is -2.31. The number of hydrogen-bond acceptors (Lipinski definition) is 6. The number of carbonyl (C=O) groups excluding carboxylic acids is 4. The smallest absolute Gasteiger partial charge is 0.408 e. The Morgan fingerprint density at radius 1 is 0.844 bits per heavy atom. The Hall–Kier alpha value is -4.44. The molecule has 4 amide bonds. The van der Waals surface area contributed by atoms with Crippen LogP contribution in [0, 0.1) is 5.92 Å². The van der Waals surface area contributed by atoms with Crippen LogP contribution in [0.25, 0.3) is 10.8 Å². The lowest BCUT2D eigenvalue weighted by molar-refractivity contribution is -0.135. The maximum Gasteiger partial charge on any atom is 0.408 e. The first kappa shape index (κ1) is 33.5. The van der Waals surface area contributed by atoms with Crippen molar-refractivity contribution in [1.29, 1.82) is 0 Å². The topological polar surface area (TPSA) is 137 Å². The van der Waals surface area contributed by atoms with E-state index >= 15 is 0 Å². The second-order valence-electron chi connectivity index (χ2n) is 12.0. The van der Waals surface area contributed by atoms with Gasteiger partial charge in [-0.05, 0) is 47.1 Å². The fourth-order valence-corrected chi connectivity index (χ4v) is 5.31. The highest BCUT2D eigenvalue weighted by molar-refractivity contribution is 5.92. The predicted molar refractivity (Wildman–Crippen MR) is 172 cm³/mol. The molecule has 0 aromatic heterocycles. The molecule has 3 atom stereocenters. The molecule has 3 aromatic carbocycles. The quantitative estimate of drug-likeness (QED) is 0.206. The van der Waals surface area contributed by atoms with E-state index < -0.39 is 36.0 Å². The van der Waals surface area contributed by atoms with E-state index in [1.54, 1.807) is 4.90 Å². The Morgan fingerprint density at radius 2 is 1.53 bits per heavy atom. The van der Waals surface area contributed by atoms with Crippen molar-refractivity contribution in [1.82, 2.24) is 20.9 Å². The van der Waals surface area contributed by atoms with Gasteiger partial charge in [-0.3, -0.25) is 14.4 Å². The number of ether oxygens (including phenoxy) is 1. The minimum Gasteiger partial charge on any atom is -0.445 e. The molecule has 0 radical (unpaired) electrons. The lowest BCUT2D eigenvalue weighted by Crippen LogP contribution is -2.56. The molecule has 240 valence electrons. The van der Waals surface area contributed by atoms with Crippen molar-refractivity contribution in [3.8, 4) is 0 Å². The lowest BCUT2D eigenvalue weighted by atomic mass is 9.97. The Bertz CT molecular complexity index is 1440. The van der Waals surface area contributed by atoms with Crippen molar-refractivity contribution >= 4 is 34.6 Å². The maximum atomic E-state index is 13.8. The minimum atomic E-state index is -1.04. The summed E-state index contributed by atoms with van der Waals surface area (Å²) in [5.41, 5.74) is 1.66. The molecule has 1 fully saturated rings. The normalized spacial score (nSPS) is 14.6. The molecule has 0 bridgehead atoms. The number of alkyl carbamates (subject to hydrolysis) is 1. The van der Waals surface area contributed by atoms with Crippen molar-refractivity contribution < 1.29 is 29.0 Å². The average molecular weight is 617 g/mol. The van der Waals surface area contributed by atoms with Crippen molar-refractivity contribution in [2.45, 2.75) is 70.7 Å². The summed E-state index contributed by atoms with van der Waals surface area (Å²) in [6.45, 7) is 5.07. The van der Waals surface area contributed by atoms with Crippen LogP contribution in [-0.2, 0) is 32.1 Å². The molecule has 4 rings (SSSR count). The Kier molecular flexibility index (Phi) is 12.3. The van der Waals surface area contributed by atoms with E-state index in [1.165, 1.54) is 0 Å². The molecule has 0 saturated carbocycles. The van der Waals surface area contributed by atoms with Crippen molar-refractivity contribution in [2.24, 2.45) is 5.92 Å². The van der Waals surface area contributed by atoms with E-state index in [4.69, 9.17) is 4.74 Å². The number of fused-ring (bicyclic) bond motifs is 1. The molecule has 3 aromatic rings. The number of rotatable bonds is 15. The molecule has 0 aliphatic carbocycles. The second-order valence-corrected chi connectivity index (χ2v) is 12.0. The van der Waals surface area contributed by atoms with Gasteiger partial charge in [0.2, 0.25) is 17.7 Å². The van der Waals surface area contributed by atoms with Crippen molar-refractivity contribution in [3.63, 3.8) is 0 Å². The van der Waals surface area contributed by atoms with Gasteiger partial charge in [0.25, 0.3) is 0 Å². The number of amides is 4. The molecular weight excluding hydrogens is 572 g/mol. The van der Waals surface area contributed by atoms with Crippen LogP contribution < -0.4 is 16.0 Å². The Morgan fingerprint density at radius 3 is 2.22 bits per heavy atom. The number of aliphatic hydroxyl groups excluding tert-OH is 1. The fourth-order valence-electron chi connectivity index (χ4n) is 5.31. The minimum absolute atomic E-state index is 0.00230. The predicted octanol–water partition coefficient (Wildman–Crippen LogP) is 3.70. The maximum absolute atomic E-state index is 13.8. The van der Waals surface area contributed by atoms with Crippen LogP contribution in [0.4, 0.5) is 4.79 Å². The first-order chi connectivity index (χ1) is 21.7. The van der Waals surface area contributed by atoms with Crippen LogP contribution in [0.2, 0.25) is 0 Å². The number of nitrogens with one attached hydrogen (secondary N) is 3. The van der Waals surface area contributed by atoms with Gasteiger partial charge in [0.05, 0.1) is 12.6 Å². The third kappa shape index (κ3) is 10.0. The summed E-state index contributed by atoms with van der Waals surface area (Å²) < 4.78 is 5.43. The van der Waals surface area contributed by atoms with E-state index in [0.717, 1.165) is 41.4 Å². The van der Waals surface area contributed by atoms with Crippen LogP contribution in [0.1, 0.15) is 50.7 Å². The molecule has 1 aliphatic rings. The summed E-state index contributed by atoms with van der Waals surface area (Å²) >= 11 is 0. The van der Waals surface area contributed by atoms with Gasteiger partial charge in [0.15, 0.2) is 0 Å². The molecule has 1 heterocycles. The highest BCUT2D eigenvalue weighted by Crippen LogP contribution is 2.20. The molecule has 0 unspecified atom stereocenters.